The summed E-state index contributed by atoms with van der Waals surface area (Å²) in [6, 6.07) is 20.5. The average Bonchev–Trinajstić information content (AvgIpc) is 2.45. The van der Waals surface area contributed by atoms with Gasteiger partial charge in [-0.1, -0.05) is 36.4 Å². The van der Waals surface area contributed by atoms with Crippen molar-refractivity contribution >= 4 is 50.7 Å². The lowest BCUT2D eigenvalue weighted by Gasteiger charge is -2.07. The van der Waals surface area contributed by atoms with Gasteiger partial charge in [0.1, 0.15) is 0 Å². The van der Waals surface area contributed by atoms with E-state index in [9.17, 15) is 0 Å². The monoisotopic (exact) mass is 280 g/mol. The molecule has 0 saturated heterocycles. The summed E-state index contributed by atoms with van der Waals surface area (Å²) < 4.78 is 0. The van der Waals surface area contributed by atoms with E-state index >= 15 is 0 Å². The first-order valence-electron chi connectivity index (χ1n) is 6.30. The Balaban J connectivity index is 0.00000121. The molecule has 0 bridgehead atoms. The lowest BCUT2D eigenvalue weighted by Crippen LogP contribution is -1.89. The third-order valence-electron chi connectivity index (χ3n) is 3.57. The summed E-state index contributed by atoms with van der Waals surface area (Å²) in [5, 5.41) is 4.52. The van der Waals surface area contributed by atoms with Crippen LogP contribution in [-0.4, -0.2) is 4.98 Å². The minimum absolute atomic E-state index is 0. The summed E-state index contributed by atoms with van der Waals surface area (Å²) in [5.41, 5.74) is 8.95. The number of anilines is 1. The van der Waals surface area contributed by atoms with E-state index in [1.807, 2.05) is 30.3 Å². The SMILES string of the molecule is Cl.Nc1cccc2ccc3nc4ccccc4cc3c12. The maximum atomic E-state index is 6.14. The molecule has 4 rings (SSSR count). The fraction of sp³-hybridized carbons (Fsp3) is 0. The molecule has 0 aliphatic rings. The zero-order valence-electron chi connectivity index (χ0n) is 10.7. The van der Waals surface area contributed by atoms with Crippen LogP contribution in [0.2, 0.25) is 0 Å². The van der Waals surface area contributed by atoms with Gasteiger partial charge in [0.15, 0.2) is 0 Å². The fourth-order valence-electron chi connectivity index (χ4n) is 2.67. The largest absolute Gasteiger partial charge is 0.398 e. The minimum atomic E-state index is 0. The Bertz CT molecular complexity index is 932. The summed E-state index contributed by atoms with van der Waals surface area (Å²) in [6.07, 6.45) is 0. The maximum Gasteiger partial charge on any atom is 0.0716 e. The van der Waals surface area contributed by atoms with E-state index in [0.717, 1.165) is 38.3 Å². The molecule has 4 aromatic rings. The number of aromatic nitrogens is 1. The highest BCUT2D eigenvalue weighted by Gasteiger charge is 2.06. The van der Waals surface area contributed by atoms with Crippen molar-refractivity contribution in [2.75, 3.05) is 5.73 Å². The second-order valence-electron chi connectivity index (χ2n) is 4.76. The Morgan fingerprint density at radius 3 is 2.45 bits per heavy atom. The highest BCUT2D eigenvalue weighted by atomic mass is 35.5. The second kappa shape index (κ2) is 4.66. The molecule has 0 atom stereocenters. The van der Waals surface area contributed by atoms with Crippen LogP contribution >= 0.6 is 12.4 Å². The molecule has 0 aliphatic carbocycles. The topological polar surface area (TPSA) is 38.9 Å². The summed E-state index contributed by atoms with van der Waals surface area (Å²) in [5.74, 6) is 0. The highest BCUT2D eigenvalue weighted by Crippen LogP contribution is 2.30. The summed E-state index contributed by atoms with van der Waals surface area (Å²) in [6.45, 7) is 0. The number of benzene rings is 3. The normalized spacial score (nSPS) is 10.8. The molecule has 20 heavy (non-hydrogen) atoms. The number of nitrogens with zero attached hydrogens (tertiary/aromatic N) is 1. The molecule has 2 N–H and O–H groups in total. The van der Waals surface area contributed by atoms with Gasteiger partial charge in [-0.15, -0.1) is 12.4 Å². The van der Waals surface area contributed by atoms with E-state index in [2.05, 4.69) is 30.3 Å². The van der Waals surface area contributed by atoms with Gasteiger partial charge in [-0.3, -0.25) is 0 Å². The highest BCUT2D eigenvalue weighted by molar-refractivity contribution is 6.14. The predicted octanol–water partition coefficient (Wildman–Crippen LogP) is 4.55. The number of rotatable bonds is 0. The van der Waals surface area contributed by atoms with Crippen LogP contribution in [0, 0.1) is 0 Å². The van der Waals surface area contributed by atoms with Crippen molar-refractivity contribution in [2.45, 2.75) is 0 Å². The molecular formula is C17H13ClN2. The van der Waals surface area contributed by atoms with E-state index in [-0.39, 0.29) is 12.4 Å². The van der Waals surface area contributed by atoms with Crippen LogP contribution in [-0.2, 0) is 0 Å². The minimum Gasteiger partial charge on any atom is -0.398 e. The molecule has 0 fully saturated rings. The number of halogens is 1. The molecule has 0 saturated carbocycles. The van der Waals surface area contributed by atoms with Crippen LogP contribution in [0.4, 0.5) is 5.69 Å². The summed E-state index contributed by atoms with van der Waals surface area (Å²) in [7, 11) is 0. The first-order chi connectivity index (χ1) is 9.33. The molecule has 0 unspecified atom stereocenters. The molecule has 0 aliphatic heterocycles. The number of nitrogens with two attached hydrogens (primary N) is 1. The van der Waals surface area contributed by atoms with Crippen molar-refractivity contribution in [1.29, 1.82) is 0 Å². The standard InChI is InChI=1S/C17H12N2.ClH/c18-14-6-3-5-11-8-9-16-13(17(11)14)10-12-4-1-2-7-15(12)19-16;/h1-10H,18H2;1H. The molecule has 2 nitrogen and oxygen atoms in total. The van der Waals surface area contributed by atoms with Crippen molar-refractivity contribution in [3.63, 3.8) is 0 Å². The summed E-state index contributed by atoms with van der Waals surface area (Å²) in [4.78, 5) is 4.71. The molecule has 3 heteroatoms. The van der Waals surface area contributed by atoms with Crippen LogP contribution in [0.3, 0.4) is 0 Å². The molecular weight excluding hydrogens is 268 g/mol. The quantitative estimate of drug-likeness (QED) is 0.292. The third-order valence-corrected chi connectivity index (χ3v) is 3.57. The van der Waals surface area contributed by atoms with E-state index in [0.29, 0.717) is 0 Å². The Kier molecular flexibility index (Phi) is 2.96. The lowest BCUT2D eigenvalue weighted by atomic mass is 10.0. The molecule has 3 aromatic carbocycles. The Hall–Kier alpha value is -2.32. The number of fused-ring (bicyclic) bond motifs is 4. The van der Waals surface area contributed by atoms with Crippen LogP contribution in [0.5, 0.6) is 0 Å². The average molecular weight is 281 g/mol. The van der Waals surface area contributed by atoms with Crippen LogP contribution < -0.4 is 5.73 Å². The van der Waals surface area contributed by atoms with Gasteiger partial charge >= 0.3 is 0 Å². The van der Waals surface area contributed by atoms with Crippen molar-refractivity contribution < 1.29 is 0 Å². The van der Waals surface area contributed by atoms with Gasteiger partial charge in [0, 0.05) is 21.8 Å². The van der Waals surface area contributed by atoms with E-state index < -0.39 is 0 Å². The zero-order valence-corrected chi connectivity index (χ0v) is 11.5. The van der Waals surface area contributed by atoms with Crippen molar-refractivity contribution in [3.8, 4) is 0 Å². The summed E-state index contributed by atoms with van der Waals surface area (Å²) >= 11 is 0. The number of pyridine rings is 1. The molecule has 1 aromatic heterocycles. The van der Waals surface area contributed by atoms with E-state index in [1.165, 1.54) is 0 Å². The van der Waals surface area contributed by atoms with Crippen molar-refractivity contribution in [2.24, 2.45) is 0 Å². The van der Waals surface area contributed by atoms with Gasteiger partial charge in [-0.25, -0.2) is 4.98 Å². The third kappa shape index (κ3) is 1.77. The van der Waals surface area contributed by atoms with Gasteiger partial charge in [-0.2, -0.15) is 0 Å². The molecule has 98 valence electrons. The van der Waals surface area contributed by atoms with Gasteiger partial charge in [0.2, 0.25) is 0 Å². The van der Waals surface area contributed by atoms with Crippen LogP contribution in [0.15, 0.2) is 60.7 Å². The Morgan fingerprint density at radius 1 is 0.750 bits per heavy atom. The van der Waals surface area contributed by atoms with Crippen LogP contribution in [0.25, 0.3) is 32.6 Å². The molecule has 1 heterocycles. The van der Waals surface area contributed by atoms with E-state index in [1.54, 1.807) is 0 Å². The van der Waals surface area contributed by atoms with Gasteiger partial charge in [-0.05, 0) is 29.7 Å². The predicted molar refractivity (Wildman–Crippen MR) is 88.4 cm³/mol. The first kappa shape index (κ1) is 12.7. The van der Waals surface area contributed by atoms with Gasteiger partial charge in [0.25, 0.3) is 0 Å². The lowest BCUT2D eigenvalue weighted by molar-refractivity contribution is 1.51. The van der Waals surface area contributed by atoms with E-state index in [4.69, 9.17) is 10.7 Å². The molecule has 0 amide bonds. The number of hydrogen-bond donors (Lipinski definition) is 1. The van der Waals surface area contributed by atoms with Crippen LogP contribution in [0.1, 0.15) is 0 Å². The Labute approximate surface area is 122 Å². The van der Waals surface area contributed by atoms with Crippen molar-refractivity contribution in [1.82, 2.24) is 4.98 Å². The number of nitrogen functional groups attached to an aromatic ring is 1. The fourth-order valence-corrected chi connectivity index (χ4v) is 2.67. The van der Waals surface area contributed by atoms with Gasteiger partial charge in [0.05, 0.1) is 11.0 Å². The first-order valence-corrected chi connectivity index (χ1v) is 6.30. The van der Waals surface area contributed by atoms with Crippen molar-refractivity contribution in [3.05, 3.63) is 60.7 Å². The van der Waals surface area contributed by atoms with Gasteiger partial charge < -0.3 is 5.73 Å². The second-order valence-corrected chi connectivity index (χ2v) is 4.76. The number of para-hydroxylation sites is 1. The maximum absolute atomic E-state index is 6.14. The smallest absolute Gasteiger partial charge is 0.0716 e. The number of hydrogen-bond acceptors (Lipinski definition) is 2. The molecule has 0 radical (unpaired) electrons. The molecule has 0 spiro atoms. The zero-order chi connectivity index (χ0) is 12.8. The Morgan fingerprint density at radius 2 is 1.55 bits per heavy atom.